The number of pyridine rings is 1. The average Bonchev–Trinajstić information content (AvgIpc) is 3.55. The molecule has 206 valence electrons. The molecular weight excluding hydrogens is 520 g/mol. The highest BCUT2D eigenvalue weighted by Gasteiger charge is 2.22. The number of rotatable bonds is 5. The van der Waals surface area contributed by atoms with Crippen molar-refractivity contribution in [3.05, 3.63) is 108 Å². The van der Waals surface area contributed by atoms with E-state index < -0.39 is 5.97 Å². The van der Waals surface area contributed by atoms with Crippen LogP contribution in [0.4, 0.5) is 0 Å². The molecule has 4 aromatic carbocycles. The summed E-state index contributed by atoms with van der Waals surface area (Å²) >= 11 is 0. The van der Waals surface area contributed by atoms with Crippen molar-refractivity contribution >= 4 is 38.8 Å². The summed E-state index contributed by atoms with van der Waals surface area (Å²) < 4.78 is 2.25. The predicted octanol–water partition coefficient (Wildman–Crippen LogP) is 8.96. The zero-order valence-electron chi connectivity index (χ0n) is 23.9. The molecule has 0 atom stereocenters. The highest BCUT2D eigenvalue weighted by Crippen LogP contribution is 2.38. The average molecular weight is 551 g/mol. The first kappa shape index (κ1) is 25.7. The van der Waals surface area contributed by atoms with Crippen molar-refractivity contribution in [1.29, 1.82) is 0 Å². The van der Waals surface area contributed by atoms with Gasteiger partial charge in [-0.2, -0.15) is 0 Å². The molecule has 7 aromatic rings. The van der Waals surface area contributed by atoms with Crippen LogP contribution in [0.1, 0.15) is 41.5 Å². The Labute approximate surface area is 243 Å². The van der Waals surface area contributed by atoms with E-state index in [-0.39, 0.29) is 11.7 Å². The number of fused-ring (bicyclic) bond motifs is 4. The molecule has 0 saturated heterocycles. The second kappa shape index (κ2) is 9.70. The van der Waals surface area contributed by atoms with Crippen LogP contribution in [0.2, 0.25) is 0 Å². The number of carboxylic acids is 1. The molecule has 0 unspecified atom stereocenters. The van der Waals surface area contributed by atoms with Crippen molar-refractivity contribution < 1.29 is 9.90 Å². The second-order valence-electron chi connectivity index (χ2n) is 11.3. The van der Waals surface area contributed by atoms with Crippen molar-refractivity contribution in [2.45, 2.75) is 33.7 Å². The summed E-state index contributed by atoms with van der Waals surface area (Å²) in [6.45, 7) is 8.41. The van der Waals surface area contributed by atoms with Gasteiger partial charge < -0.3 is 14.7 Å². The van der Waals surface area contributed by atoms with Crippen LogP contribution in [-0.4, -0.2) is 30.6 Å². The summed E-state index contributed by atoms with van der Waals surface area (Å²) in [5.74, 6) is -0.206. The molecule has 42 heavy (non-hydrogen) atoms. The Morgan fingerprint density at radius 2 is 1.48 bits per heavy atom. The number of aromatic carboxylic acids is 1. The van der Waals surface area contributed by atoms with Gasteiger partial charge in [-0.25, -0.2) is 14.8 Å². The number of aromatic nitrogens is 4. The minimum atomic E-state index is -1.06. The lowest BCUT2D eigenvalue weighted by Gasteiger charge is -2.14. The Morgan fingerprint density at radius 3 is 2.24 bits per heavy atom. The van der Waals surface area contributed by atoms with E-state index in [1.54, 1.807) is 6.07 Å². The summed E-state index contributed by atoms with van der Waals surface area (Å²) in [4.78, 5) is 25.7. The van der Waals surface area contributed by atoms with E-state index in [2.05, 4.69) is 89.0 Å². The molecule has 0 spiro atoms. The van der Waals surface area contributed by atoms with Gasteiger partial charge in [-0.3, -0.25) is 0 Å². The van der Waals surface area contributed by atoms with Gasteiger partial charge in [0.1, 0.15) is 11.5 Å². The van der Waals surface area contributed by atoms with Gasteiger partial charge >= 0.3 is 5.97 Å². The van der Waals surface area contributed by atoms with Crippen LogP contribution in [0.25, 0.3) is 66.6 Å². The van der Waals surface area contributed by atoms with Crippen LogP contribution >= 0.6 is 0 Å². The molecule has 0 bridgehead atoms. The molecule has 3 heterocycles. The number of nitrogens with zero attached hydrogens (tertiary/aromatic N) is 3. The fourth-order valence-electron chi connectivity index (χ4n) is 6.18. The van der Waals surface area contributed by atoms with Crippen molar-refractivity contribution in [2.75, 3.05) is 0 Å². The van der Waals surface area contributed by atoms with Crippen molar-refractivity contribution in [3.8, 4) is 33.8 Å². The van der Waals surface area contributed by atoms with Crippen molar-refractivity contribution in [3.63, 3.8) is 0 Å². The molecule has 7 rings (SSSR count). The molecule has 6 heteroatoms. The number of carboxylic acid groups (broad SMARTS) is 1. The maximum Gasteiger partial charge on any atom is 0.354 e. The zero-order valence-corrected chi connectivity index (χ0v) is 23.9. The van der Waals surface area contributed by atoms with E-state index in [1.807, 2.05) is 38.1 Å². The molecule has 0 radical (unpaired) electrons. The summed E-state index contributed by atoms with van der Waals surface area (Å²) in [6.07, 6.45) is 0. The standard InChI is InChI=1S/C36H30N4O2/c1-20(2)40-32-14-8-11-27(30-18-24(19-31(37-30)36(41)42)23-16-21(3)15-22(4)17-23)34(32)39-35(40)28-12-7-10-26-25-9-5-6-13-29(25)38-33(26)28/h5-20,38H,1-4H3,(H,41,42). The first-order chi connectivity index (χ1) is 20.3. The monoisotopic (exact) mass is 550 g/mol. The van der Waals surface area contributed by atoms with E-state index in [0.29, 0.717) is 5.69 Å². The SMILES string of the molecule is Cc1cc(C)cc(-c2cc(C(=O)O)nc(-c3cccc4c3nc(-c3cccc5c3[nH]c3ccccc35)n4C(C)C)c2)c1. The van der Waals surface area contributed by atoms with E-state index >= 15 is 0 Å². The molecule has 0 saturated carbocycles. The van der Waals surface area contributed by atoms with Crippen molar-refractivity contribution in [1.82, 2.24) is 19.5 Å². The molecule has 0 aliphatic heterocycles. The number of imidazole rings is 1. The minimum Gasteiger partial charge on any atom is -0.477 e. The number of carbonyl (C=O) groups is 1. The maximum atomic E-state index is 12.2. The highest BCUT2D eigenvalue weighted by atomic mass is 16.4. The summed E-state index contributed by atoms with van der Waals surface area (Å²) in [5.41, 5.74) is 10.3. The Kier molecular flexibility index (Phi) is 5.94. The number of H-pyrrole nitrogens is 1. The molecule has 2 N–H and O–H groups in total. The lowest BCUT2D eigenvalue weighted by atomic mass is 9.98. The van der Waals surface area contributed by atoms with Gasteiger partial charge in [0, 0.05) is 33.5 Å². The molecule has 0 aliphatic carbocycles. The third-order valence-electron chi connectivity index (χ3n) is 7.89. The molecule has 3 aromatic heterocycles. The number of hydrogen-bond acceptors (Lipinski definition) is 3. The Hall–Kier alpha value is -5.23. The van der Waals surface area contributed by atoms with Crippen LogP contribution in [0.15, 0.2) is 91.0 Å². The van der Waals surface area contributed by atoms with Gasteiger partial charge in [0.25, 0.3) is 0 Å². The summed E-state index contributed by atoms with van der Waals surface area (Å²) in [7, 11) is 0. The van der Waals surface area contributed by atoms with Crippen LogP contribution in [0.3, 0.4) is 0 Å². The van der Waals surface area contributed by atoms with Crippen molar-refractivity contribution in [2.24, 2.45) is 0 Å². The van der Waals surface area contributed by atoms with Crippen LogP contribution in [0, 0.1) is 13.8 Å². The smallest absolute Gasteiger partial charge is 0.354 e. The van der Waals surface area contributed by atoms with E-state index in [1.165, 1.54) is 5.39 Å². The first-order valence-corrected chi connectivity index (χ1v) is 14.1. The first-order valence-electron chi connectivity index (χ1n) is 14.1. The number of nitrogens with one attached hydrogen (secondary N) is 1. The minimum absolute atomic E-state index is 0.00465. The largest absolute Gasteiger partial charge is 0.477 e. The van der Waals surface area contributed by atoms with Gasteiger partial charge in [0.2, 0.25) is 0 Å². The van der Waals surface area contributed by atoms with Gasteiger partial charge in [0.15, 0.2) is 0 Å². The fourth-order valence-corrected chi connectivity index (χ4v) is 6.18. The van der Waals surface area contributed by atoms with Gasteiger partial charge in [-0.05, 0) is 69.2 Å². The third kappa shape index (κ3) is 4.15. The van der Waals surface area contributed by atoms with E-state index in [4.69, 9.17) is 4.98 Å². The zero-order chi connectivity index (χ0) is 29.1. The van der Waals surface area contributed by atoms with Crippen LogP contribution in [0.5, 0.6) is 0 Å². The molecule has 0 fully saturated rings. The highest BCUT2D eigenvalue weighted by molar-refractivity contribution is 6.12. The summed E-state index contributed by atoms with van der Waals surface area (Å²) in [6, 6.07) is 30.7. The normalized spacial score (nSPS) is 11.7. The molecule has 0 aliphatic rings. The van der Waals surface area contributed by atoms with Gasteiger partial charge in [0.05, 0.1) is 22.2 Å². The van der Waals surface area contributed by atoms with Gasteiger partial charge in [-0.1, -0.05) is 71.8 Å². The number of aryl methyl sites for hydroxylation is 2. The lowest BCUT2D eigenvalue weighted by Crippen LogP contribution is -2.03. The Bertz CT molecular complexity index is 2160. The molecule has 0 amide bonds. The van der Waals surface area contributed by atoms with E-state index in [9.17, 15) is 9.90 Å². The molecule has 6 nitrogen and oxygen atoms in total. The maximum absolute atomic E-state index is 12.2. The third-order valence-corrected chi connectivity index (χ3v) is 7.89. The van der Waals surface area contributed by atoms with Crippen LogP contribution < -0.4 is 0 Å². The summed E-state index contributed by atoms with van der Waals surface area (Å²) in [5, 5.41) is 12.3. The second-order valence-corrected chi connectivity index (χ2v) is 11.3. The number of benzene rings is 4. The van der Waals surface area contributed by atoms with Crippen LogP contribution in [-0.2, 0) is 0 Å². The van der Waals surface area contributed by atoms with E-state index in [0.717, 1.165) is 66.7 Å². The Morgan fingerprint density at radius 1 is 0.786 bits per heavy atom. The quantitative estimate of drug-likeness (QED) is 0.224. The predicted molar refractivity (Wildman–Crippen MR) is 170 cm³/mol. The number of aromatic amines is 1. The van der Waals surface area contributed by atoms with Gasteiger partial charge in [-0.15, -0.1) is 0 Å². The molecular formula is C36H30N4O2. The Balaban J connectivity index is 1.49. The fraction of sp³-hybridized carbons (Fsp3) is 0.139. The lowest BCUT2D eigenvalue weighted by molar-refractivity contribution is 0.0690. The number of para-hydroxylation sites is 3. The topological polar surface area (TPSA) is 83.8 Å². The number of hydrogen-bond donors (Lipinski definition) is 2.